The highest BCUT2D eigenvalue weighted by molar-refractivity contribution is 5.94. The lowest BCUT2D eigenvalue weighted by atomic mass is 9.96. The quantitative estimate of drug-likeness (QED) is 0.810. The Morgan fingerprint density at radius 1 is 1.11 bits per heavy atom. The summed E-state index contributed by atoms with van der Waals surface area (Å²) in [7, 11) is 0. The molecule has 2 aliphatic rings. The van der Waals surface area contributed by atoms with E-state index in [1.807, 2.05) is 38.7 Å². The van der Waals surface area contributed by atoms with E-state index in [4.69, 9.17) is 0 Å². The fourth-order valence-corrected chi connectivity index (χ4v) is 3.94. The number of carbonyl (C=O) groups is 2. The molecule has 7 heteroatoms. The second-order valence-corrected chi connectivity index (χ2v) is 7.47. The molecule has 2 saturated heterocycles. The van der Waals surface area contributed by atoms with Crippen molar-refractivity contribution in [3.63, 3.8) is 0 Å². The Bertz CT molecular complexity index is 779. The first kappa shape index (κ1) is 17.7. The van der Waals surface area contributed by atoms with Crippen LogP contribution >= 0.6 is 0 Å². The summed E-state index contributed by atoms with van der Waals surface area (Å²) in [5.41, 5.74) is 1.80. The monoisotopic (exact) mass is 367 g/mol. The minimum absolute atomic E-state index is 0.0954. The maximum atomic E-state index is 12.8. The molecule has 27 heavy (non-hydrogen) atoms. The smallest absolute Gasteiger partial charge is 0.253 e. The number of benzene rings is 1. The van der Waals surface area contributed by atoms with E-state index in [0.29, 0.717) is 18.9 Å². The van der Waals surface area contributed by atoms with Gasteiger partial charge in [-0.3, -0.25) is 14.3 Å². The first-order chi connectivity index (χ1) is 13.2. The molecular weight excluding hydrogens is 342 g/mol. The molecule has 2 aliphatic heterocycles. The molecular formula is C20H25N5O2. The SMILES string of the molecule is O=C1CCCN1Cc1ccc(C(=O)N2CCC(Cn3cncn3)CC2)cc1. The Labute approximate surface area is 159 Å². The predicted molar refractivity (Wildman–Crippen MR) is 99.7 cm³/mol. The number of likely N-dealkylation sites (tertiary alicyclic amines) is 2. The molecule has 0 saturated carbocycles. The molecule has 142 valence electrons. The zero-order valence-electron chi connectivity index (χ0n) is 15.5. The summed E-state index contributed by atoms with van der Waals surface area (Å²) in [5.74, 6) is 0.859. The highest BCUT2D eigenvalue weighted by Crippen LogP contribution is 2.21. The topological polar surface area (TPSA) is 71.3 Å². The van der Waals surface area contributed by atoms with E-state index in [1.165, 1.54) is 0 Å². The number of amides is 2. The Hall–Kier alpha value is -2.70. The van der Waals surface area contributed by atoms with Crippen molar-refractivity contribution in [3.05, 3.63) is 48.0 Å². The number of aromatic nitrogens is 3. The third-order valence-corrected chi connectivity index (χ3v) is 5.56. The molecule has 2 fully saturated rings. The van der Waals surface area contributed by atoms with Crippen molar-refractivity contribution in [1.29, 1.82) is 0 Å². The summed E-state index contributed by atoms with van der Waals surface area (Å²) in [6.45, 7) is 3.90. The van der Waals surface area contributed by atoms with Crippen LogP contribution in [-0.4, -0.2) is 56.0 Å². The minimum Gasteiger partial charge on any atom is -0.339 e. The molecule has 0 N–H and O–H groups in total. The Kier molecular flexibility index (Phi) is 5.18. The first-order valence-corrected chi connectivity index (χ1v) is 9.67. The van der Waals surface area contributed by atoms with Gasteiger partial charge in [0, 0.05) is 44.7 Å². The predicted octanol–water partition coefficient (Wildman–Crippen LogP) is 1.95. The largest absolute Gasteiger partial charge is 0.339 e. The van der Waals surface area contributed by atoms with Gasteiger partial charge in [0.15, 0.2) is 0 Å². The standard InChI is InChI=1S/C20H25N5O2/c26-19-2-1-9-24(19)12-16-3-5-18(6-4-16)20(27)23-10-7-17(8-11-23)13-25-15-21-14-22-25/h3-6,14-15,17H,1-2,7-13H2. The van der Waals surface area contributed by atoms with Crippen molar-refractivity contribution in [2.24, 2.45) is 5.92 Å². The molecule has 7 nitrogen and oxygen atoms in total. The molecule has 1 aromatic heterocycles. The number of hydrogen-bond donors (Lipinski definition) is 0. The van der Waals surface area contributed by atoms with Gasteiger partial charge in [-0.05, 0) is 42.9 Å². The van der Waals surface area contributed by atoms with Gasteiger partial charge in [0.05, 0.1) is 0 Å². The number of rotatable bonds is 5. The summed E-state index contributed by atoms with van der Waals surface area (Å²) < 4.78 is 1.87. The van der Waals surface area contributed by atoms with Gasteiger partial charge in [-0.25, -0.2) is 4.98 Å². The summed E-state index contributed by atoms with van der Waals surface area (Å²) in [5, 5.41) is 4.16. The van der Waals surface area contributed by atoms with Gasteiger partial charge in [0.25, 0.3) is 5.91 Å². The van der Waals surface area contributed by atoms with Gasteiger partial charge < -0.3 is 9.80 Å². The highest BCUT2D eigenvalue weighted by Gasteiger charge is 2.24. The lowest BCUT2D eigenvalue weighted by molar-refractivity contribution is -0.128. The van der Waals surface area contributed by atoms with E-state index in [1.54, 1.807) is 12.7 Å². The molecule has 0 unspecified atom stereocenters. The zero-order valence-corrected chi connectivity index (χ0v) is 15.5. The summed E-state index contributed by atoms with van der Waals surface area (Å²) in [4.78, 5) is 32.3. The van der Waals surface area contributed by atoms with Gasteiger partial charge in [-0.15, -0.1) is 0 Å². The van der Waals surface area contributed by atoms with Crippen molar-refractivity contribution in [2.75, 3.05) is 19.6 Å². The molecule has 2 amide bonds. The van der Waals surface area contributed by atoms with Crippen molar-refractivity contribution >= 4 is 11.8 Å². The van der Waals surface area contributed by atoms with Crippen molar-refractivity contribution in [2.45, 2.75) is 38.8 Å². The van der Waals surface area contributed by atoms with E-state index in [2.05, 4.69) is 10.1 Å². The van der Waals surface area contributed by atoms with Crippen molar-refractivity contribution < 1.29 is 9.59 Å². The fourth-order valence-electron chi connectivity index (χ4n) is 3.94. The van der Waals surface area contributed by atoms with Gasteiger partial charge >= 0.3 is 0 Å². The van der Waals surface area contributed by atoms with Crippen LogP contribution in [0, 0.1) is 5.92 Å². The van der Waals surface area contributed by atoms with E-state index in [-0.39, 0.29) is 11.8 Å². The second kappa shape index (κ2) is 7.90. The Morgan fingerprint density at radius 3 is 2.52 bits per heavy atom. The Balaban J connectivity index is 1.30. The molecule has 1 aromatic carbocycles. The van der Waals surface area contributed by atoms with Crippen LogP contribution in [0.4, 0.5) is 0 Å². The molecule has 3 heterocycles. The lowest BCUT2D eigenvalue weighted by Gasteiger charge is -2.32. The maximum Gasteiger partial charge on any atom is 0.253 e. The molecule has 0 radical (unpaired) electrons. The van der Waals surface area contributed by atoms with Gasteiger partial charge in [-0.2, -0.15) is 5.10 Å². The Morgan fingerprint density at radius 2 is 1.89 bits per heavy atom. The number of piperidine rings is 1. The van der Waals surface area contributed by atoms with Crippen LogP contribution in [0.1, 0.15) is 41.6 Å². The molecule has 0 atom stereocenters. The molecule has 0 aliphatic carbocycles. The van der Waals surface area contributed by atoms with Crippen LogP contribution in [0.15, 0.2) is 36.9 Å². The average molecular weight is 367 g/mol. The summed E-state index contributed by atoms with van der Waals surface area (Å²) in [6, 6.07) is 7.71. The molecule has 4 rings (SSSR count). The fraction of sp³-hybridized carbons (Fsp3) is 0.500. The second-order valence-electron chi connectivity index (χ2n) is 7.47. The third kappa shape index (κ3) is 4.18. The normalized spacial score (nSPS) is 18.3. The van der Waals surface area contributed by atoms with Crippen LogP contribution in [0.2, 0.25) is 0 Å². The van der Waals surface area contributed by atoms with Crippen molar-refractivity contribution in [1.82, 2.24) is 24.6 Å². The van der Waals surface area contributed by atoms with Crippen LogP contribution in [0.25, 0.3) is 0 Å². The molecule has 0 bridgehead atoms. The number of nitrogens with zero attached hydrogens (tertiary/aromatic N) is 5. The van der Waals surface area contributed by atoms with Crippen LogP contribution < -0.4 is 0 Å². The number of carbonyl (C=O) groups excluding carboxylic acids is 2. The lowest BCUT2D eigenvalue weighted by Crippen LogP contribution is -2.39. The van der Waals surface area contributed by atoms with E-state index >= 15 is 0 Å². The third-order valence-electron chi connectivity index (χ3n) is 5.56. The van der Waals surface area contributed by atoms with Crippen LogP contribution in [0.3, 0.4) is 0 Å². The van der Waals surface area contributed by atoms with E-state index in [9.17, 15) is 9.59 Å². The first-order valence-electron chi connectivity index (χ1n) is 9.67. The number of hydrogen-bond acceptors (Lipinski definition) is 4. The van der Waals surface area contributed by atoms with Gasteiger partial charge in [0.1, 0.15) is 12.7 Å². The maximum absolute atomic E-state index is 12.8. The van der Waals surface area contributed by atoms with Crippen molar-refractivity contribution in [3.8, 4) is 0 Å². The highest BCUT2D eigenvalue weighted by atomic mass is 16.2. The summed E-state index contributed by atoms with van der Waals surface area (Å²) >= 11 is 0. The summed E-state index contributed by atoms with van der Waals surface area (Å²) in [6.07, 6.45) is 6.88. The van der Waals surface area contributed by atoms with E-state index in [0.717, 1.165) is 56.6 Å². The molecule has 0 spiro atoms. The van der Waals surface area contributed by atoms with Gasteiger partial charge in [0.2, 0.25) is 5.91 Å². The zero-order chi connectivity index (χ0) is 18.6. The van der Waals surface area contributed by atoms with Gasteiger partial charge in [-0.1, -0.05) is 12.1 Å². The van der Waals surface area contributed by atoms with Crippen LogP contribution in [0.5, 0.6) is 0 Å². The van der Waals surface area contributed by atoms with E-state index < -0.39 is 0 Å². The van der Waals surface area contributed by atoms with Crippen LogP contribution in [-0.2, 0) is 17.9 Å². The minimum atomic E-state index is 0.0954. The molecule has 2 aromatic rings. The average Bonchev–Trinajstić information content (AvgIpc) is 3.35.